The number of hydrogen-bond acceptors (Lipinski definition) is 4. The maximum absolute atomic E-state index is 4.74. The number of fused-ring (bicyclic) bond motifs is 1. The van der Waals surface area contributed by atoms with Crippen LogP contribution in [0.25, 0.3) is 11.1 Å². The lowest BCUT2D eigenvalue weighted by Crippen LogP contribution is -2.21. The molecule has 0 aromatic carbocycles. The van der Waals surface area contributed by atoms with Gasteiger partial charge >= 0.3 is 0 Å². The van der Waals surface area contributed by atoms with Crippen molar-refractivity contribution in [2.24, 2.45) is 0 Å². The Morgan fingerprint density at radius 3 is 2.67 bits per heavy atom. The molecule has 0 saturated heterocycles. The van der Waals surface area contributed by atoms with Crippen LogP contribution in [0.4, 0.5) is 5.95 Å². The van der Waals surface area contributed by atoms with E-state index in [0.29, 0.717) is 6.04 Å². The maximum Gasteiger partial charge on any atom is 0.223 e. The highest BCUT2D eigenvalue weighted by Gasteiger charge is 2.13. The minimum atomic E-state index is 0.440. The number of aromatic nitrogens is 4. The van der Waals surface area contributed by atoms with Crippen LogP contribution >= 0.6 is 0 Å². The Bertz CT molecular complexity index is 919. The fourth-order valence-electron chi connectivity index (χ4n) is 3.54. The zero-order valence-electron chi connectivity index (χ0n) is 16.7. The van der Waals surface area contributed by atoms with Crippen LogP contribution in [0.5, 0.6) is 0 Å². The van der Waals surface area contributed by atoms with Gasteiger partial charge in [0.2, 0.25) is 5.95 Å². The van der Waals surface area contributed by atoms with Crippen molar-refractivity contribution in [2.75, 3.05) is 5.32 Å². The smallest absolute Gasteiger partial charge is 0.223 e. The highest BCUT2D eigenvalue weighted by Crippen LogP contribution is 2.26. The molecule has 0 atom stereocenters. The molecule has 0 aliphatic carbocycles. The molecule has 0 amide bonds. The zero-order valence-corrected chi connectivity index (χ0v) is 16.7. The van der Waals surface area contributed by atoms with Crippen LogP contribution in [-0.2, 0) is 0 Å². The minimum Gasteiger partial charge on any atom is -0.351 e. The maximum atomic E-state index is 4.74. The summed E-state index contributed by atoms with van der Waals surface area (Å²) >= 11 is 0. The molecule has 0 saturated carbocycles. The molecule has 1 N–H and O–H groups in total. The van der Waals surface area contributed by atoms with Crippen LogP contribution in [-0.4, -0.2) is 25.6 Å². The second-order valence-electron chi connectivity index (χ2n) is 6.93. The van der Waals surface area contributed by atoms with Gasteiger partial charge in [0.1, 0.15) is 0 Å². The molecule has 0 radical (unpaired) electrons. The normalized spacial score (nSPS) is 12.1. The summed E-state index contributed by atoms with van der Waals surface area (Å²) in [6, 6.07) is 6.68. The van der Waals surface area contributed by atoms with Gasteiger partial charge in [-0.3, -0.25) is 0 Å². The largest absolute Gasteiger partial charge is 0.351 e. The molecule has 27 heavy (non-hydrogen) atoms. The first kappa shape index (κ1) is 19.1. The summed E-state index contributed by atoms with van der Waals surface area (Å²) in [7, 11) is 0. The van der Waals surface area contributed by atoms with Gasteiger partial charge in [0.05, 0.1) is 11.2 Å². The number of anilines is 1. The molecule has 3 aromatic rings. The topological polar surface area (TPSA) is 55.1 Å². The van der Waals surface area contributed by atoms with Crippen molar-refractivity contribution in [2.45, 2.75) is 59.4 Å². The summed E-state index contributed by atoms with van der Waals surface area (Å²) in [6.07, 6.45) is 12.5. The predicted molar refractivity (Wildman–Crippen MR) is 112 cm³/mol. The quantitative estimate of drug-likeness (QED) is 0.593. The van der Waals surface area contributed by atoms with E-state index in [0.717, 1.165) is 59.5 Å². The molecular weight excluding hydrogens is 334 g/mol. The summed E-state index contributed by atoms with van der Waals surface area (Å²) < 4.78 is 1.87. The number of rotatable bonds is 8. The molecule has 0 bridgehead atoms. The molecule has 5 heteroatoms. The van der Waals surface area contributed by atoms with Gasteiger partial charge in [0.15, 0.2) is 0 Å². The number of aryl methyl sites for hydroxylation is 1. The van der Waals surface area contributed by atoms with E-state index in [4.69, 9.17) is 4.98 Å². The number of pyridine rings is 1. The summed E-state index contributed by atoms with van der Waals surface area (Å²) in [5.41, 5.74) is 5.41. The van der Waals surface area contributed by atoms with Crippen LogP contribution in [0.1, 0.15) is 63.3 Å². The van der Waals surface area contributed by atoms with Gasteiger partial charge in [-0.05, 0) is 56.0 Å². The van der Waals surface area contributed by atoms with E-state index in [1.807, 2.05) is 29.2 Å². The third-order valence-corrected chi connectivity index (χ3v) is 4.88. The fourth-order valence-corrected chi connectivity index (χ4v) is 3.54. The molecule has 0 aliphatic rings. The second kappa shape index (κ2) is 8.80. The molecule has 0 aliphatic heterocycles. The van der Waals surface area contributed by atoms with E-state index < -0.39 is 0 Å². The van der Waals surface area contributed by atoms with Crippen LogP contribution in [0, 0.1) is 6.92 Å². The number of nitrogens with zero attached hydrogens (tertiary/aromatic N) is 4. The van der Waals surface area contributed by atoms with Crippen molar-refractivity contribution < 1.29 is 0 Å². The van der Waals surface area contributed by atoms with Crippen LogP contribution in [0.2, 0.25) is 0 Å². The Kier molecular flexibility index (Phi) is 6.22. The molecule has 3 heterocycles. The summed E-state index contributed by atoms with van der Waals surface area (Å²) in [5.74, 6) is 0.727. The minimum absolute atomic E-state index is 0.440. The lowest BCUT2D eigenvalue weighted by molar-refractivity contribution is 0.582. The number of hydrogen-bond donors (Lipinski definition) is 1. The van der Waals surface area contributed by atoms with Gasteiger partial charge in [0.25, 0.3) is 0 Å². The van der Waals surface area contributed by atoms with Crippen molar-refractivity contribution >= 4 is 17.0 Å². The third-order valence-electron chi connectivity index (χ3n) is 4.88. The van der Waals surface area contributed by atoms with E-state index in [2.05, 4.69) is 61.3 Å². The number of nitrogens with one attached hydrogen (secondary N) is 1. The average molecular weight is 364 g/mol. The molecule has 5 nitrogen and oxygen atoms in total. The Labute approximate surface area is 161 Å². The van der Waals surface area contributed by atoms with Crippen LogP contribution in [0.3, 0.4) is 0 Å². The third kappa shape index (κ3) is 4.35. The first-order chi connectivity index (χ1) is 13.2. The van der Waals surface area contributed by atoms with E-state index >= 15 is 0 Å². The SMILES string of the molecule is C/C=C(/c1ccn2nccc2c1)c1cnc(NC(CCC)CCC)nc1C. The average Bonchev–Trinajstić information content (AvgIpc) is 3.12. The van der Waals surface area contributed by atoms with Crippen molar-refractivity contribution in [1.29, 1.82) is 0 Å². The molecule has 0 unspecified atom stereocenters. The van der Waals surface area contributed by atoms with Crippen molar-refractivity contribution in [1.82, 2.24) is 19.6 Å². The van der Waals surface area contributed by atoms with Gasteiger partial charge in [0, 0.05) is 30.2 Å². The summed E-state index contributed by atoms with van der Waals surface area (Å²) in [4.78, 5) is 9.35. The highest BCUT2D eigenvalue weighted by atomic mass is 15.2. The van der Waals surface area contributed by atoms with Gasteiger partial charge < -0.3 is 5.32 Å². The standard InChI is InChI=1S/C22H29N5/c1-5-8-18(9-6-2)26-22-23-15-21(16(4)25-22)20(7-3)17-11-13-27-19(14-17)10-12-24-27/h7,10-15,18H,5-6,8-9H2,1-4H3,(H,23,25,26)/b20-7-. The van der Waals surface area contributed by atoms with Gasteiger partial charge in [-0.1, -0.05) is 32.8 Å². The van der Waals surface area contributed by atoms with Crippen LogP contribution < -0.4 is 5.32 Å². The predicted octanol–water partition coefficient (Wildman–Crippen LogP) is 5.27. The lowest BCUT2D eigenvalue weighted by atomic mass is 9.98. The first-order valence-electron chi connectivity index (χ1n) is 9.86. The van der Waals surface area contributed by atoms with E-state index in [1.165, 1.54) is 0 Å². The van der Waals surface area contributed by atoms with E-state index in [9.17, 15) is 0 Å². The van der Waals surface area contributed by atoms with Crippen molar-refractivity contribution in [3.8, 4) is 0 Å². The molecule has 0 fully saturated rings. The van der Waals surface area contributed by atoms with Gasteiger partial charge in [-0.2, -0.15) is 5.10 Å². The van der Waals surface area contributed by atoms with Crippen LogP contribution in [0.15, 0.2) is 42.9 Å². The van der Waals surface area contributed by atoms with Gasteiger partial charge in [-0.15, -0.1) is 0 Å². The Hall–Kier alpha value is -2.69. The Morgan fingerprint density at radius 2 is 2.00 bits per heavy atom. The fraction of sp³-hybridized carbons (Fsp3) is 0.409. The molecule has 142 valence electrons. The molecule has 3 rings (SSSR count). The second-order valence-corrected chi connectivity index (χ2v) is 6.93. The molecular formula is C22H29N5. The number of allylic oxidation sites excluding steroid dienone is 1. The first-order valence-corrected chi connectivity index (χ1v) is 9.86. The van der Waals surface area contributed by atoms with E-state index in [-0.39, 0.29) is 0 Å². The molecule has 3 aromatic heterocycles. The summed E-state index contributed by atoms with van der Waals surface area (Å²) in [6.45, 7) is 8.54. The Morgan fingerprint density at radius 1 is 1.22 bits per heavy atom. The summed E-state index contributed by atoms with van der Waals surface area (Å²) in [5, 5.41) is 7.78. The lowest BCUT2D eigenvalue weighted by Gasteiger charge is -2.18. The molecule has 0 spiro atoms. The Balaban J connectivity index is 1.87. The zero-order chi connectivity index (χ0) is 19.2. The van der Waals surface area contributed by atoms with Crippen molar-refractivity contribution in [3.05, 3.63) is 59.7 Å². The highest BCUT2D eigenvalue weighted by molar-refractivity contribution is 5.81. The van der Waals surface area contributed by atoms with E-state index in [1.54, 1.807) is 0 Å². The van der Waals surface area contributed by atoms with Crippen molar-refractivity contribution in [3.63, 3.8) is 0 Å². The monoisotopic (exact) mass is 363 g/mol. The van der Waals surface area contributed by atoms with Gasteiger partial charge in [-0.25, -0.2) is 14.5 Å².